The van der Waals surface area contributed by atoms with Crippen molar-refractivity contribution in [2.45, 2.75) is 59.3 Å². The SMILES string of the molecule is CC(C)(C)CCNC(=O)C1CCC(CCO)CC1. The summed E-state index contributed by atoms with van der Waals surface area (Å²) in [6.45, 7) is 7.66. The summed E-state index contributed by atoms with van der Waals surface area (Å²) in [4.78, 5) is 12.0. The van der Waals surface area contributed by atoms with E-state index >= 15 is 0 Å². The van der Waals surface area contributed by atoms with Crippen LogP contribution in [0, 0.1) is 17.3 Å². The summed E-state index contributed by atoms with van der Waals surface area (Å²) in [5, 5.41) is 12.0. The van der Waals surface area contributed by atoms with Crippen molar-refractivity contribution < 1.29 is 9.90 Å². The number of hydrogen-bond donors (Lipinski definition) is 2. The second-order valence-corrected chi connectivity index (χ2v) is 6.83. The zero-order valence-corrected chi connectivity index (χ0v) is 12.2. The van der Waals surface area contributed by atoms with Gasteiger partial charge in [-0.1, -0.05) is 20.8 Å². The quantitative estimate of drug-likeness (QED) is 0.793. The summed E-state index contributed by atoms with van der Waals surface area (Å²) in [7, 11) is 0. The predicted octanol–water partition coefficient (Wildman–Crippen LogP) is 2.73. The zero-order chi connectivity index (χ0) is 13.6. The Morgan fingerprint density at radius 1 is 1.22 bits per heavy atom. The largest absolute Gasteiger partial charge is 0.396 e. The molecule has 0 aromatic heterocycles. The molecule has 106 valence electrons. The number of carbonyl (C=O) groups is 1. The molecule has 3 nitrogen and oxygen atoms in total. The monoisotopic (exact) mass is 255 g/mol. The van der Waals surface area contributed by atoms with Crippen LogP contribution in [0.1, 0.15) is 59.3 Å². The average Bonchev–Trinajstić information content (AvgIpc) is 2.28. The summed E-state index contributed by atoms with van der Waals surface area (Å²) in [6.07, 6.45) is 6.10. The van der Waals surface area contributed by atoms with Gasteiger partial charge < -0.3 is 10.4 Å². The molecule has 0 unspecified atom stereocenters. The highest BCUT2D eigenvalue weighted by Crippen LogP contribution is 2.30. The molecule has 1 amide bonds. The number of carbonyl (C=O) groups excluding carboxylic acids is 1. The first-order chi connectivity index (χ1) is 8.42. The van der Waals surface area contributed by atoms with Gasteiger partial charge in [-0.2, -0.15) is 0 Å². The maximum atomic E-state index is 12.0. The molecule has 1 rings (SSSR count). The molecular weight excluding hydrogens is 226 g/mol. The maximum absolute atomic E-state index is 12.0. The van der Waals surface area contributed by atoms with E-state index in [0.717, 1.165) is 45.1 Å². The minimum Gasteiger partial charge on any atom is -0.396 e. The Morgan fingerprint density at radius 3 is 2.33 bits per heavy atom. The van der Waals surface area contributed by atoms with Crippen LogP contribution < -0.4 is 5.32 Å². The van der Waals surface area contributed by atoms with E-state index in [-0.39, 0.29) is 23.8 Å². The third-order valence-electron chi connectivity index (χ3n) is 3.93. The molecule has 0 saturated heterocycles. The topological polar surface area (TPSA) is 49.3 Å². The average molecular weight is 255 g/mol. The lowest BCUT2D eigenvalue weighted by Gasteiger charge is -2.27. The minimum absolute atomic E-state index is 0.208. The van der Waals surface area contributed by atoms with Crippen LogP contribution in [0.15, 0.2) is 0 Å². The molecule has 3 heteroatoms. The molecule has 0 atom stereocenters. The second kappa shape index (κ2) is 7.13. The third kappa shape index (κ3) is 5.85. The van der Waals surface area contributed by atoms with E-state index in [9.17, 15) is 4.79 Å². The Labute approximate surface area is 111 Å². The molecule has 1 aliphatic rings. The summed E-state index contributed by atoms with van der Waals surface area (Å²) >= 11 is 0. The van der Waals surface area contributed by atoms with Crippen LogP contribution in [0.3, 0.4) is 0 Å². The summed E-state index contributed by atoms with van der Waals surface area (Å²) in [5.74, 6) is 1.08. The fraction of sp³-hybridized carbons (Fsp3) is 0.933. The minimum atomic E-state index is 0.208. The van der Waals surface area contributed by atoms with Gasteiger partial charge in [-0.05, 0) is 49.9 Å². The Balaban J connectivity index is 2.20. The van der Waals surface area contributed by atoms with Gasteiger partial charge >= 0.3 is 0 Å². The van der Waals surface area contributed by atoms with Crippen molar-refractivity contribution in [1.82, 2.24) is 5.32 Å². The van der Waals surface area contributed by atoms with E-state index in [1.807, 2.05) is 0 Å². The molecule has 0 heterocycles. The summed E-state index contributed by atoms with van der Waals surface area (Å²) < 4.78 is 0. The number of aliphatic hydroxyl groups is 1. The van der Waals surface area contributed by atoms with E-state index in [1.54, 1.807) is 0 Å². The maximum Gasteiger partial charge on any atom is 0.223 e. The summed E-state index contributed by atoms with van der Waals surface area (Å²) in [5.41, 5.74) is 0.284. The lowest BCUT2D eigenvalue weighted by atomic mass is 9.80. The first-order valence-electron chi connectivity index (χ1n) is 7.31. The number of nitrogens with one attached hydrogen (secondary N) is 1. The fourth-order valence-corrected chi connectivity index (χ4v) is 2.60. The molecule has 1 saturated carbocycles. The lowest BCUT2D eigenvalue weighted by molar-refractivity contribution is -0.126. The van der Waals surface area contributed by atoms with Crippen LogP contribution in [-0.2, 0) is 4.79 Å². The van der Waals surface area contributed by atoms with Crippen molar-refractivity contribution in [3.8, 4) is 0 Å². The van der Waals surface area contributed by atoms with Crippen molar-refractivity contribution >= 4 is 5.91 Å². The van der Waals surface area contributed by atoms with Crippen LogP contribution in [-0.4, -0.2) is 24.2 Å². The van der Waals surface area contributed by atoms with E-state index in [0.29, 0.717) is 5.92 Å². The van der Waals surface area contributed by atoms with Gasteiger partial charge in [-0.3, -0.25) is 4.79 Å². The number of amides is 1. The molecule has 1 aliphatic carbocycles. The highest BCUT2D eigenvalue weighted by molar-refractivity contribution is 5.78. The molecule has 0 spiro atoms. The van der Waals surface area contributed by atoms with Crippen molar-refractivity contribution in [1.29, 1.82) is 0 Å². The molecule has 0 radical (unpaired) electrons. The second-order valence-electron chi connectivity index (χ2n) is 6.83. The predicted molar refractivity (Wildman–Crippen MR) is 74.2 cm³/mol. The smallest absolute Gasteiger partial charge is 0.223 e. The Kier molecular flexibility index (Phi) is 6.13. The van der Waals surface area contributed by atoms with Crippen molar-refractivity contribution in [3.63, 3.8) is 0 Å². The Hall–Kier alpha value is -0.570. The van der Waals surface area contributed by atoms with Crippen molar-refractivity contribution in [2.24, 2.45) is 17.3 Å². The van der Waals surface area contributed by atoms with Gasteiger partial charge in [0.15, 0.2) is 0 Å². The van der Waals surface area contributed by atoms with Crippen LogP contribution in [0.5, 0.6) is 0 Å². The van der Waals surface area contributed by atoms with Gasteiger partial charge in [-0.25, -0.2) is 0 Å². The summed E-state index contributed by atoms with van der Waals surface area (Å²) in [6, 6.07) is 0. The molecule has 2 N–H and O–H groups in total. The van der Waals surface area contributed by atoms with Crippen LogP contribution in [0.2, 0.25) is 0 Å². The van der Waals surface area contributed by atoms with Crippen molar-refractivity contribution in [2.75, 3.05) is 13.2 Å². The Bertz CT molecular complexity index is 250. The highest BCUT2D eigenvalue weighted by atomic mass is 16.3. The van der Waals surface area contributed by atoms with Gasteiger partial charge in [0, 0.05) is 19.1 Å². The molecule has 0 bridgehead atoms. The zero-order valence-electron chi connectivity index (χ0n) is 12.2. The van der Waals surface area contributed by atoms with Gasteiger partial charge in [0.2, 0.25) is 5.91 Å². The van der Waals surface area contributed by atoms with Gasteiger partial charge in [-0.15, -0.1) is 0 Å². The van der Waals surface area contributed by atoms with Gasteiger partial charge in [0.05, 0.1) is 0 Å². The van der Waals surface area contributed by atoms with Crippen LogP contribution >= 0.6 is 0 Å². The van der Waals surface area contributed by atoms with Crippen molar-refractivity contribution in [3.05, 3.63) is 0 Å². The number of hydrogen-bond acceptors (Lipinski definition) is 2. The molecule has 0 aromatic carbocycles. The van der Waals surface area contributed by atoms with E-state index < -0.39 is 0 Å². The fourth-order valence-electron chi connectivity index (χ4n) is 2.60. The van der Waals surface area contributed by atoms with E-state index in [2.05, 4.69) is 26.1 Å². The Morgan fingerprint density at radius 2 is 1.83 bits per heavy atom. The standard InChI is InChI=1S/C15H29NO2/c1-15(2,3)9-10-16-14(18)13-6-4-12(5-7-13)8-11-17/h12-13,17H,4-11H2,1-3H3,(H,16,18). The first kappa shape index (κ1) is 15.5. The normalized spacial score (nSPS) is 24.9. The molecule has 1 fully saturated rings. The first-order valence-corrected chi connectivity index (χ1v) is 7.31. The number of rotatable bonds is 5. The van der Waals surface area contributed by atoms with Gasteiger partial charge in [0.25, 0.3) is 0 Å². The molecular formula is C15H29NO2. The third-order valence-corrected chi connectivity index (χ3v) is 3.93. The van der Waals surface area contributed by atoms with E-state index in [1.165, 1.54) is 0 Å². The lowest BCUT2D eigenvalue weighted by Crippen LogP contribution is -2.35. The highest BCUT2D eigenvalue weighted by Gasteiger charge is 2.25. The molecule has 0 aromatic rings. The molecule has 18 heavy (non-hydrogen) atoms. The van der Waals surface area contributed by atoms with Gasteiger partial charge in [0.1, 0.15) is 0 Å². The van der Waals surface area contributed by atoms with Crippen LogP contribution in [0.25, 0.3) is 0 Å². The number of aliphatic hydroxyl groups excluding tert-OH is 1. The molecule has 0 aliphatic heterocycles. The van der Waals surface area contributed by atoms with E-state index in [4.69, 9.17) is 5.11 Å². The van der Waals surface area contributed by atoms with Crippen LogP contribution in [0.4, 0.5) is 0 Å².